The topological polar surface area (TPSA) is 9.23 Å². The minimum Gasteiger partial charge on any atom is -0.461 e. The summed E-state index contributed by atoms with van der Waals surface area (Å²) in [6.07, 6.45) is 21.0. The molecule has 0 saturated heterocycles. The molecule has 1 nitrogen and oxygen atoms in total. The highest BCUT2D eigenvalue weighted by molar-refractivity contribution is 5.57. The predicted octanol–water partition coefficient (Wildman–Crippen LogP) is 12.0. The third-order valence-electron chi connectivity index (χ3n) is 7.81. The van der Waals surface area contributed by atoms with E-state index in [4.69, 9.17) is 4.74 Å². The van der Waals surface area contributed by atoms with Gasteiger partial charge in [0, 0.05) is 5.56 Å². The van der Waals surface area contributed by atoms with Crippen LogP contribution in [0.3, 0.4) is 0 Å². The van der Waals surface area contributed by atoms with Gasteiger partial charge in [-0.25, -0.2) is 0 Å². The molecule has 2 unspecified atom stereocenters. The lowest BCUT2D eigenvalue weighted by Crippen LogP contribution is -1.99. The molecule has 0 amide bonds. The number of hydrogen-bond donors (Lipinski definition) is 0. The number of fused-ring (bicyclic) bond motifs is 1. The Balaban J connectivity index is 0.00000235. The molecule has 0 spiro atoms. The van der Waals surface area contributed by atoms with E-state index in [1.807, 2.05) is 13.8 Å². The lowest BCUT2D eigenvalue weighted by Gasteiger charge is -2.17. The SMILES string of the molecule is C=C1Oc2c(C(C)CCCCCCCCCCCCCCCC)cc(C)cc2C1c1ccccc1.CC. The van der Waals surface area contributed by atoms with E-state index in [0.717, 1.165) is 11.5 Å². The molecule has 2 atom stereocenters. The van der Waals surface area contributed by atoms with E-state index in [-0.39, 0.29) is 5.92 Å². The van der Waals surface area contributed by atoms with E-state index in [0.29, 0.717) is 5.92 Å². The van der Waals surface area contributed by atoms with E-state index in [1.54, 1.807) is 0 Å². The van der Waals surface area contributed by atoms with Crippen LogP contribution in [-0.2, 0) is 0 Å². The zero-order chi connectivity index (χ0) is 26.9. The van der Waals surface area contributed by atoms with Crippen molar-refractivity contribution in [3.05, 3.63) is 77.1 Å². The number of unbranched alkanes of at least 4 members (excludes halogenated alkanes) is 13. The molecule has 0 saturated carbocycles. The predicted molar refractivity (Wildman–Crippen MR) is 164 cm³/mol. The Morgan fingerprint density at radius 2 is 1.27 bits per heavy atom. The minimum atomic E-state index is 0.151. The van der Waals surface area contributed by atoms with Crippen LogP contribution in [0.2, 0.25) is 0 Å². The van der Waals surface area contributed by atoms with Gasteiger partial charge in [0.15, 0.2) is 0 Å². The molecule has 3 rings (SSSR count). The lowest BCUT2D eigenvalue weighted by molar-refractivity contribution is 0.429. The summed E-state index contributed by atoms with van der Waals surface area (Å²) < 4.78 is 6.31. The van der Waals surface area contributed by atoms with Gasteiger partial charge in [-0.15, -0.1) is 0 Å². The van der Waals surface area contributed by atoms with Crippen molar-refractivity contribution in [1.29, 1.82) is 0 Å². The summed E-state index contributed by atoms with van der Waals surface area (Å²) in [4.78, 5) is 0. The fraction of sp³-hybridized carbons (Fsp3) is 0.611. The zero-order valence-corrected chi connectivity index (χ0v) is 24.9. The van der Waals surface area contributed by atoms with Crippen molar-refractivity contribution in [2.24, 2.45) is 0 Å². The summed E-state index contributed by atoms with van der Waals surface area (Å²) >= 11 is 0. The van der Waals surface area contributed by atoms with Gasteiger partial charge in [0.05, 0.1) is 5.92 Å². The number of hydrogen-bond acceptors (Lipinski definition) is 1. The second-order valence-corrected chi connectivity index (χ2v) is 11.0. The van der Waals surface area contributed by atoms with Crippen LogP contribution in [0.25, 0.3) is 0 Å². The standard InChI is InChI=1S/C34H50O.C2H6/c1-5-6-7-8-9-10-11-12-13-14-15-16-17-19-22-28(3)31-25-27(2)26-32-33(29(4)35-34(31)32)30-23-20-18-21-24-30;1-2/h18,20-21,23-26,28,33H,4-17,19,22H2,1-3H3;1-2H3. The highest BCUT2D eigenvalue weighted by Crippen LogP contribution is 2.48. The Hall–Kier alpha value is -2.02. The second kappa shape index (κ2) is 18.3. The van der Waals surface area contributed by atoms with Crippen molar-refractivity contribution in [1.82, 2.24) is 0 Å². The van der Waals surface area contributed by atoms with E-state index in [9.17, 15) is 0 Å². The zero-order valence-electron chi connectivity index (χ0n) is 24.9. The quantitative estimate of drug-likeness (QED) is 0.195. The van der Waals surface area contributed by atoms with Gasteiger partial charge in [-0.3, -0.25) is 0 Å². The van der Waals surface area contributed by atoms with Gasteiger partial charge in [0.2, 0.25) is 0 Å². The molecule has 206 valence electrons. The van der Waals surface area contributed by atoms with E-state index < -0.39 is 0 Å². The minimum absolute atomic E-state index is 0.151. The molecule has 1 heterocycles. The van der Waals surface area contributed by atoms with Crippen LogP contribution in [0, 0.1) is 6.92 Å². The fourth-order valence-electron chi connectivity index (χ4n) is 5.70. The molecule has 37 heavy (non-hydrogen) atoms. The molecular formula is C36H56O. The van der Waals surface area contributed by atoms with E-state index in [1.165, 1.54) is 119 Å². The fourth-order valence-corrected chi connectivity index (χ4v) is 5.70. The summed E-state index contributed by atoms with van der Waals surface area (Å²) in [5.41, 5.74) is 5.26. The van der Waals surface area contributed by atoms with Crippen molar-refractivity contribution in [2.75, 3.05) is 0 Å². The summed E-state index contributed by atoms with van der Waals surface area (Å²) in [6.45, 7) is 15.2. The van der Waals surface area contributed by atoms with Gasteiger partial charge in [0.25, 0.3) is 0 Å². The molecule has 0 bridgehead atoms. The summed E-state index contributed by atoms with van der Waals surface area (Å²) in [7, 11) is 0. The summed E-state index contributed by atoms with van der Waals surface area (Å²) in [5.74, 6) is 2.61. The first kappa shape index (κ1) is 31.2. The van der Waals surface area contributed by atoms with E-state index in [2.05, 4.69) is 69.8 Å². The maximum atomic E-state index is 6.31. The molecule has 0 N–H and O–H groups in total. The van der Waals surface area contributed by atoms with Crippen molar-refractivity contribution < 1.29 is 4.74 Å². The molecule has 0 aliphatic carbocycles. The van der Waals surface area contributed by atoms with Crippen molar-refractivity contribution >= 4 is 0 Å². The van der Waals surface area contributed by atoms with Gasteiger partial charge in [0.1, 0.15) is 11.5 Å². The maximum absolute atomic E-state index is 6.31. The third kappa shape index (κ3) is 10.3. The van der Waals surface area contributed by atoms with Crippen LogP contribution in [0.5, 0.6) is 5.75 Å². The Kier molecular flexibility index (Phi) is 15.4. The first-order valence-electron chi connectivity index (χ1n) is 15.7. The van der Waals surface area contributed by atoms with Gasteiger partial charge in [-0.1, -0.05) is 172 Å². The molecule has 0 aromatic heterocycles. The number of aryl methyl sites for hydroxylation is 1. The Bertz CT molecular complexity index is 881. The first-order valence-corrected chi connectivity index (χ1v) is 15.7. The number of allylic oxidation sites excluding steroid dienone is 1. The molecule has 1 heteroatoms. The Labute approximate surface area is 230 Å². The summed E-state index contributed by atoms with van der Waals surface area (Å²) in [5, 5.41) is 0. The van der Waals surface area contributed by atoms with Crippen LogP contribution in [0.4, 0.5) is 0 Å². The van der Waals surface area contributed by atoms with Crippen molar-refractivity contribution in [2.45, 2.75) is 143 Å². The van der Waals surface area contributed by atoms with Gasteiger partial charge in [-0.2, -0.15) is 0 Å². The third-order valence-corrected chi connectivity index (χ3v) is 7.81. The van der Waals surface area contributed by atoms with Crippen LogP contribution < -0.4 is 4.74 Å². The van der Waals surface area contributed by atoms with Crippen LogP contribution >= 0.6 is 0 Å². The average molecular weight is 505 g/mol. The Morgan fingerprint density at radius 3 is 1.81 bits per heavy atom. The Morgan fingerprint density at radius 1 is 0.757 bits per heavy atom. The second-order valence-electron chi connectivity index (χ2n) is 11.0. The largest absolute Gasteiger partial charge is 0.461 e. The highest BCUT2D eigenvalue weighted by atomic mass is 16.5. The number of benzene rings is 2. The van der Waals surface area contributed by atoms with Crippen molar-refractivity contribution in [3.8, 4) is 5.75 Å². The molecule has 0 fully saturated rings. The molecule has 2 aromatic rings. The van der Waals surface area contributed by atoms with E-state index >= 15 is 0 Å². The monoisotopic (exact) mass is 504 g/mol. The smallest absolute Gasteiger partial charge is 0.134 e. The molecule has 1 aliphatic heterocycles. The van der Waals surface area contributed by atoms with Crippen LogP contribution in [-0.4, -0.2) is 0 Å². The lowest BCUT2D eigenvalue weighted by atomic mass is 9.86. The normalized spacial score (nSPS) is 15.1. The van der Waals surface area contributed by atoms with Crippen LogP contribution in [0.15, 0.2) is 54.8 Å². The molecule has 2 aromatic carbocycles. The highest BCUT2D eigenvalue weighted by Gasteiger charge is 2.32. The molecule has 1 aliphatic rings. The summed E-state index contributed by atoms with van der Waals surface area (Å²) in [6, 6.07) is 15.3. The van der Waals surface area contributed by atoms with Gasteiger partial charge in [-0.05, 0) is 30.4 Å². The van der Waals surface area contributed by atoms with Crippen LogP contribution in [0.1, 0.15) is 158 Å². The number of rotatable bonds is 17. The van der Waals surface area contributed by atoms with Gasteiger partial charge < -0.3 is 4.74 Å². The maximum Gasteiger partial charge on any atom is 0.134 e. The van der Waals surface area contributed by atoms with Crippen molar-refractivity contribution in [3.63, 3.8) is 0 Å². The average Bonchev–Trinajstić information content (AvgIpc) is 3.25. The van der Waals surface area contributed by atoms with Gasteiger partial charge >= 0.3 is 0 Å². The first-order chi connectivity index (χ1) is 18.1. The molecule has 0 radical (unpaired) electrons. The number of ether oxygens (including phenoxy) is 1. The molecular weight excluding hydrogens is 448 g/mol.